The van der Waals surface area contributed by atoms with Crippen molar-refractivity contribution in [2.24, 2.45) is 17.6 Å². The number of likely N-dealkylation sites (tertiary alicyclic amines) is 2. The van der Waals surface area contributed by atoms with Crippen molar-refractivity contribution in [2.75, 3.05) is 33.2 Å². The number of nitrogens with two attached hydrogens (primary N) is 1. The molecule has 18 heavy (non-hydrogen) atoms. The summed E-state index contributed by atoms with van der Waals surface area (Å²) in [7, 11) is 2.23. The minimum absolute atomic E-state index is 0.305. The number of hydrogen-bond donors (Lipinski definition) is 1. The topological polar surface area (TPSA) is 49.6 Å². The normalized spacial score (nSPS) is 30.9. The minimum atomic E-state index is 0.305. The summed E-state index contributed by atoms with van der Waals surface area (Å²) in [4.78, 5) is 16.7. The molecule has 3 atom stereocenters. The molecule has 0 aromatic rings. The molecule has 104 valence electrons. The van der Waals surface area contributed by atoms with Crippen molar-refractivity contribution in [1.82, 2.24) is 9.80 Å². The monoisotopic (exact) mass is 253 g/mol. The van der Waals surface area contributed by atoms with E-state index in [-0.39, 0.29) is 0 Å². The summed E-state index contributed by atoms with van der Waals surface area (Å²) in [6, 6.07) is 0.703. The highest BCUT2D eigenvalue weighted by Crippen LogP contribution is 2.29. The van der Waals surface area contributed by atoms with Crippen LogP contribution in [0.4, 0.5) is 0 Å². The lowest BCUT2D eigenvalue weighted by atomic mass is 9.84. The number of carbonyl (C=O) groups excluding carboxylic acids is 1. The molecule has 0 spiro atoms. The Morgan fingerprint density at radius 2 is 2.17 bits per heavy atom. The summed E-state index contributed by atoms with van der Waals surface area (Å²) in [6.45, 7) is 5.78. The van der Waals surface area contributed by atoms with E-state index in [4.69, 9.17) is 5.73 Å². The summed E-state index contributed by atoms with van der Waals surface area (Å²) < 4.78 is 0. The lowest BCUT2D eigenvalue weighted by molar-refractivity contribution is -0.135. The van der Waals surface area contributed by atoms with Crippen molar-refractivity contribution in [2.45, 2.75) is 38.6 Å². The van der Waals surface area contributed by atoms with Gasteiger partial charge < -0.3 is 15.5 Å². The first kappa shape index (κ1) is 13.8. The van der Waals surface area contributed by atoms with Gasteiger partial charge >= 0.3 is 0 Å². The molecule has 2 fully saturated rings. The molecule has 0 radical (unpaired) electrons. The van der Waals surface area contributed by atoms with E-state index in [0.717, 1.165) is 19.5 Å². The number of fused-ring (bicyclic) bond motifs is 1. The summed E-state index contributed by atoms with van der Waals surface area (Å²) in [6.07, 6.45) is 4.32. The Bertz CT molecular complexity index is 295. The van der Waals surface area contributed by atoms with Crippen LogP contribution in [0.1, 0.15) is 32.6 Å². The Kier molecular flexibility index (Phi) is 4.62. The molecule has 3 unspecified atom stereocenters. The van der Waals surface area contributed by atoms with E-state index in [1.165, 1.54) is 19.4 Å². The third-order valence-electron chi connectivity index (χ3n) is 4.62. The summed E-state index contributed by atoms with van der Waals surface area (Å²) in [5.74, 6) is 1.30. The average molecular weight is 253 g/mol. The van der Waals surface area contributed by atoms with E-state index in [0.29, 0.717) is 36.8 Å². The Balaban J connectivity index is 1.88. The zero-order valence-corrected chi connectivity index (χ0v) is 11.8. The zero-order valence-electron chi connectivity index (χ0n) is 11.8. The van der Waals surface area contributed by atoms with Gasteiger partial charge in [-0.15, -0.1) is 0 Å². The fourth-order valence-electron chi connectivity index (χ4n) is 3.39. The van der Waals surface area contributed by atoms with Crippen LogP contribution in [0.5, 0.6) is 0 Å². The van der Waals surface area contributed by atoms with Gasteiger partial charge in [-0.05, 0) is 51.2 Å². The van der Waals surface area contributed by atoms with Gasteiger partial charge in [-0.25, -0.2) is 0 Å². The highest BCUT2D eigenvalue weighted by atomic mass is 16.2. The van der Waals surface area contributed by atoms with Crippen molar-refractivity contribution >= 4 is 5.91 Å². The average Bonchev–Trinajstić information content (AvgIpc) is 2.38. The molecule has 4 nitrogen and oxygen atoms in total. The largest absolute Gasteiger partial charge is 0.342 e. The fourth-order valence-corrected chi connectivity index (χ4v) is 3.39. The second-order valence-electron chi connectivity index (χ2n) is 6.12. The molecule has 2 rings (SSSR count). The van der Waals surface area contributed by atoms with Crippen LogP contribution in [0.15, 0.2) is 0 Å². The molecular formula is C14H27N3O. The van der Waals surface area contributed by atoms with E-state index in [1.807, 2.05) is 0 Å². The summed E-state index contributed by atoms with van der Waals surface area (Å²) >= 11 is 0. The van der Waals surface area contributed by atoms with Crippen LogP contribution in [-0.4, -0.2) is 55.0 Å². The third-order valence-corrected chi connectivity index (χ3v) is 4.62. The van der Waals surface area contributed by atoms with Crippen molar-refractivity contribution in [3.05, 3.63) is 0 Å². The van der Waals surface area contributed by atoms with Gasteiger partial charge in [-0.3, -0.25) is 4.79 Å². The second kappa shape index (κ2) is 6.02. The van der Waals surface area contributed by atoms with Gasteiger partial charge in [0.15, 0.2) is 0 Å². The quantitative estimate of drug-likeness (QED) is 0.813. The number of nitrogens with zero attached hydrogens (tertiary/aromatic N) is 2. The van der Waals surface area contributed by atoms with Crippen LogP contribution in [0.25, 0.3) is 0 Å². The molecule has 0 saturated carbocycles. The van der Waals surface area contributed by atoms with Crippen LogP contribution >= 0.6 is 0 Å². The Hall–Kier alpha value is -0.610. The third kappa shape index (κ3) is 3.04. The van der Waals surface area contributed by atoms with Gasteiger partial charge in [0.05, 0.1) is 0 Å². The van der Waals surface area contributed by atoms with E-state index < -0.39 is 0 Å². The van der Waals surface area contributed by atoms with Gasteiger partial charge in [0.2, 0.25) is 5.91 Å². The molecule has 0 aromatic heterocycles. The van der Waals surface area contributed by atoms with Gasteiger partial charge in [-0.1, -0.05) is 6.92 Å². The smallest absolute Gasteiger partial charge is 0.222 e. The zero-order chi connectivity index (χ0) is 13.1. The molecule has 0 bridgehead atoms. The number of hydrogen-bond acceptors (Lipinski definition) is 3. The maximum absolute atomic E-state index is 12.2. The Labute approximate surface area is 110 Å². The van der Waals surface area contributed by atoms with Gasteiger partial charge in [0.1, 0.15) is 0 Å². The van der Waals surface area contributed by atoms with Crippen LogP contribution in [0.2, 0.25) is 0 Å². The van der Waals surface area contributed by atoms with Crippen LogP contribution in [0, 0.1) is 11.8 Å². The predicted octanol–water partition coefficient (Wildman–Crippen LogP) is 0.914. The second-order valence-corrected chi connectivity index (χ2v) is 6.12. The Morgan fingerprint density at radius 1 is 1.39 bits per heavy atom. The van der Waals surface area contributed by atoms with Gasteiger partial charge in [0, 0.05) is 25.6 Å². The molecule has 2 N–H and O–H groups in total. The Morgan fingerprint density at radius 3 is 2.89 bits per heavy atom. The number of rotatable bonds is 3. The number of amides is 1. The van der Waals surface area contributed by atoms with E-state index in [9.17, 15) is 4.79 Å². The SMILES string of the molecule is CC(CN)CC(=O)N1CCC2C(CCCN2C)C1. The van der Waals surface area contributed by atoms with E-state index >= 15 is 0 Å². The summed E-state index contributed by atoms with van der Waals surface area (Å²) in [5, 5.41) is 0. The predicted molar refractivity (Wildman–Crippen MR) is 73.2 cm³/mol. The molecule has 2 aliphatic rings. The molecule has 2 heterocycles. The fraction of sp³-hybridized carbons (Fsp3) is 0.929. The number of piperidine rings is 2. The molecule has 0 aliphatic carbocycles. The van der Waals surface area contributed by atoms with E-state index in [2.05, 4.69) is 23.8 Å². The first-order valence-corrected chi connectivity index (χ1v) is 7.30. The molecule has 0 aromatic carbocycles. The first-order chi connectivity index (χ1) is 8.61. The lowest BCUT2D eigenvalue weighted by Crippen LogP contribution is -2.54. The summed E-state index contributed by atoms with van der Waals surface area (Å²) in [5.41, 5.74) is 5.60. The molecule has 2 aliphatic heterocycles. The molecule has 2 saturated heterocycles. The highest BCUT2D eigenvalue weighted by molar-refractivity contribution is 5.76. The van der Waals surface area contributed by atoms with Crippen molar-refractivity contribution in [3.8, 4) is 0 Å². The molecule has 1 amide bonds. The van der Waals surface area contributed by atoms with Crippen LogP contribution in [0.3, 0.4) is 0 Å². The van der Waals surface area contributed by atoms with Crippen molar-refractivity contribution in [1.29, 1.82) is 0 Å². The molecular weight excluding hydrogens is 226 g/mol. The van der Waals surface area contributed by atoms with Crippen LogP contribution in [-0.2, 0) is 4.79 Å². The van der Waals surface area contributed by atoms with Gasteiger partial charge in [0.25, 0.3) is 0 Å². The van der Waals surface area contributed by atoms with Crippen molar-refractivity contribution in [3.63, 3.8) is 0 Å². The maximum Gasteiger partial charge on any atom is 0.222 e. The molecule has 4 heteroatoms. The highest BCUT2D eigenvalue weighted by Gasteiger charge is 2.35. The lowest BCUT2D eigenvalue weighted by Gasteiger charge is -2.46. The van der Waals surface area contributed by atoms with Gasteiger partial charge in [-0.2, -0.15) is 0 Å². The standard InChI is InChI=1S/C14H27N3O/c1-11(9-15)8-14(18)17-7-5-13-12(10-17)4-3-6-16(13)2/h11-13H,3-10,15H2,1-2H3. The minimum Gasteiger partial charge on any atom is -0.342 e. The first-order valence-electron chi connectivity index (χ1n) is 7.30. The van der Waals surface area contributed by atoms with Crippen molar-refractivity contribution < 1.29 is 4.79 Å². The van der Waals surface area contributed by atoms with E-state index in [1.54, 1.807) is 0 Å². The van der Waals surface area contributed by atoms with Crippen LogP contribution < -0.4 is 5.73 Å². The maximum atomic E-state index is 12.2. The number of carbonyl (C=O) groups is 1.